The van der Waals surface area contributed by atoms with Gasteiger partial charge in [-0.1, -0.05) is 30.3 Å². The average molecular weight is 339 g/mol. The maximum atomic E-state index is 12.4. The molecule has 2 amide bonds. The molecule has 3 N–H and O–H groups in total. The Morgan fingerprint density at radius 2 is 1.91 bits per heavy atom. The first-order valence-electron chi connectivity index (χ1n) is 7.48. The van der Waals surface area contributed by atoms with Crippen LogP contribution in [0.2, 0.25) is 0 Å². The fraction of sp³-hybridized carbons (Fsp3) is 0.500. The van der Waals surface area contributed by atoms with Crippen molar-refractivity contribution in [1.29, 1.82) is 0 Å². The number of hydrogen-bond acceptors (Lipinski definition) is 5. The SMILES string of the molecule is CC(=O)NN(C)[C@@H](CS)C(=O)N[C@H](Cc1ccccc1)[C@H](C)O. The molecule has 0 radical (unpaired) electrons. The summed E-state index contributed by atoms with van der Waals surface area (Å²) in [4.78, 5) is 23.6. The van der Waals surface area contributed by atoms with Crippen LogP contribution in [0.4, 0.5) is 0 Å². The summed E-state index contributed by atoms with van der Waals surface area (Å²) >= 11 is 4.17. The van der Waals surface area contributed by atoms with Crippen molar-refractivity contribution >= 4 is 24.4 Å². The topological polar surface area (TPSA) is 81.7 Å². The summed E-state index contributed by atoms with van der Waals surface area (Å²) in [7, 11) is 1.61. The number of carbonyl (C=O) groups is 2. The van der Waals surface area contributed by atoms with Gasteiger partial charge < -0.3 is 10.4 Å². The number of hydrazine groups is 1. The van der Waals surface area contributed by atoms with E-state index in [-0.39, 0.29) is 17.6 Å². The van der Waals surface area contributed by atoms with Crippen molar-refractivity contribution in [3.63, 3.8) is 0 Å². The van der Waals surface area contributed by atoms with E-state index in [1.165, 1.54) is 11.9 Å². The maximum absolute atomic E-state index is 12.4. The number of nitrogens with zero attached hydrogens (tertiary/aromatic N) is 1. The summed E-state index contributed by atoms with van der Waals surface area (Å²) in [6.45, 7) is 3.01. The molecule has 6 nitrogen and oxygen atoms in total. The van der Waals surface area contributed by atoms with E-state index in [9.17, 15) is 14.7 Å². The lowest BCUT2D eigenvalue weighted by Crippen LogP contribution is -2.56. The predicted molar refractivity (Wildman–Crippen MR) is 93.0 cm³/mol. The summed E-state index contributed by atoms with van der Waals surface area (Å²) < 4.78 is 0. The summed E-state index contributed by atoms with van der Waals surface area (Å²) in [6, 6.07) is 8.59. The number of likely N-dealkylation sites (N-methyl/N-ethyl adjacent to an activating group) is 1. The van der Waals surface area contributed by atoms with E-state index in [0.717, 1.165) is 5.56 Å². The van der Waals surface area contributed by atoms with Gasteiger partial charge in [0.1, 0.15) is 6.04 Å². The van der Waals surface area contributed by atoms with E-state index in [0.29, 0.717) is 6.42 Å². The number of carbonyl (C=O) groups excluding carboxylic acids is 2. The first-order chi connectivity index (χ1) is 10.8. The minimum atomic E-state index is -0.703. The molecule has 1 aromatic rings. The van der Waals surface area contributed by atoms with Crippen LogP contribution in [0.5, 0.6) is 0 Å². The molecule has 23 heavy (non-hydrogen) atoms. The largest absolute Gasteiger partial charge is 0.391 e. The van der Waals surface area contributed by atoms with Gasteiger partial charge in [-0.2, -0.15) is 12.6 Å². The predicted octanol–water partition coefficient (Wildman–Crippen LogP) is 0.376. The van der Waals surface area contributed by atoms with Crippen molar-refractivity contribution in [1.82, 2.24) is 15.8 Å². The lowest BCUT2D eigenvalue weighted by atomic mass is 10.0. The summed E-state index contributed by atoms with van der Waals surface area (Å²) in [5.74, 6) is -0.318. The van der Waals surface area contributed by atoms with Crippen LogP contribution in [0.15, 0.2) is 30.3 Å². The van der Waals surface area contributed by atoms with Crippen molar-refractivity contribution in [3.8, 4) is 0 Å². The minimum absolute atomic E-state index is 0.237. The van der Waals surface area contributed by atoms with Crippen molar-refractivity contribution in [3.05, 3.63) is 35.9 Å². The van der Waals surface area contributed by atoms with Crippen LogP contribution < -0.4 is 10.7 Å². The molecular formula is C16H25N3O3S. The van der Waals surface area contributed by atoms with E-state index in [2.05, 4.69) is 23.4 Å². The van der Waals surface area contributed by atoms with E-state index in [1.54, 1.807) is 14.0 Å². The summed E-state index contributed by atoms with van der Waals surface area (Å²) in [5, 5.41) is 14.2. The third kappa shape index (κ3) is 6.60. The molecule has 128 valence electrons. The second-order valence-electron chi connectivity index (χ2n) is 5.52. The van der Waals surface area contributed by atoms with Crippen LogP contribution in [0.1, 0.15) is 19.4 Å². The molecule has 0 heterocycles. The zero-order valence-electron chi connectivity index (χ0n) is 13.7. The number of hydrogen-bond donors (Lipinski definition) is 4. The first-order valence-corrected chi connectivity index (χ1v) is 8.11. The molecule has 0 aromatic heterocycles. The standard InChI is InChI=1S/C16H25N3O3S/c1-11(20)14(9-13-7-5-4-6-8-13)17-16(22)15(10-23)19(3)18-12(2)21/h4-8,11,14-15,20,23H,9-10H2,1-3H3,(H,17,22)(H,18,21)/t11-,14+,15-/m0/s1. The van der Waals surface area contributed by atoms with Crippen LogP contribution in [0.25, 0.3) is 0 Å². The fourth-order valence-electron chi connectivity index (χ4n) is 2.20. The van der Waals surface area contributed by atoms with Crippen molar-refractivity contribution in [2.24, 2.45) is 0 Å². The Labute approximate surface area is 142 Å². The van der Waals surface area contributed by atoms with E-state index in [1.807, 2.05) is 30.3 Å². The molecule has 0 aliphatic carbocycles. The summed E-state index contributed by atoms with van der Waals surface area (Å²) in [6.07, 6.45) is -0.182. The van der Waals surface area contributed by atoms with Gasteiger partial charge in [-0.05, 0) is 18.9 Å². The normalized spacial score (nSPS) is 14.9. The van der Waals surface area contributed by atoms with Crippen molar-refractivity contribution in [2.45, 2.75) is 38.5 Å². The molecule has 0 fully saturated rings. The van der Waals surface area contributed by atoms with Crippen LogP contribution in [-0.2, 0) is 16.0 Å². The molecule has 0 saturated heterocycles. The van der Waals surface area contributed by atoms with Gasteiger partial charge in [-0.25, -0.2) is 5.01 Å². The monoisotopic (exact) mass is 339 g/mol. The van der Waals surface area contributed by atoms with Crippen molar-refractivity contribution in [2.75, 3.05) is 12.8 Å². The molecule has 0 spiro atoms. The highest BCUT2D eigenvalue weighted by Gasteiger charge is 2.26. The minimum Gasteiger partial charge on any atom is -0.391 e. The fourth-order valence-corrected chi connectivity index (χ4v) is 2.61. The molecule has 0 bridgehead atoms. The Bertz CT molecular complexity index is 511. The third-order valence-corrected chi connectivity index (χ3v) is 3.83. The molecule has 7 heteroatoms. The Hall–Kier alpha value is -1.57. The number of aliphatic hydroxyl groups is 1. The van der Waals surface area contributed by atoms with Gasteiger partial charge in [-0.3, -0.25) is 15.0 Å². The van der Waals surface area contributed by atoms with Crippen LogP contribution in [0.3, 0.4) is 0 Å². The van der Waals surface area contributed by atoms with E-state index >= 15 is 0 Å². The average Bonchev–Trinajstić information content (AvgIpc) is 2.47. The zero-order chi connectivity index (χ0) is 17.4. The Morgan fingerprint density at radius 1 is 1.30 bits per heavy atom. The van der Waals surface area contributed by atoms with Crippen LogP contribution >= 0.6 is 12.6 Å². The van der Waals surface area contributed by atoms with Crippen LogP contribution in [-0.4, -0.2) is 52.9 Å². The Balaban J connectivity index is 2.74. The molecule has 0 unspecified atom stereocenters. The van der Waals surface area contributed by atoms with Gasteiger partial charge in [0.05, 0.1) is 12.1 Å². The van der Waals surface area contributed by atoms with Gasteiger partial charge in [0.25, 0.3) is 0 Å². The molecule has 1 rings (SSSR count). The van der Waals surface area contributed by atoms with Crippen molar-refractivity contribution < 1.29 is 14.7 Å². The molecule has 0 saturated carbocycles. The highest BCUT2D eigenvalue weighted by atomic mass is 32.1. The summed E-state index contributed by atoms with van der Waals surface area (Å²) in [5.41, 5.74) is 3.57. The van der Waals surface area contributed by atoms with Gasteiger partial charge in [0, 0.05) is 19.7 Å². The number of rotatable bonds is 8. The molecule has 0 aliphatic heterocycles. The number of nitrogens with one attached hydrogen (secondary N) is 2. The highest BCUT2D eigenvalue weighted by molar-refractivity contribution is 7.80. The van der Waals surface area contributed by atoms with E-state index < -0.39 is 18.2 Å². The zero-order valence-corrected chi connectivity index (χ0v) is 14.6. The quantitative estimate of drug-likeness (QED) is 0.408. The number of amides is 2. The number of benzene rings is 1. The van der Waals surface area contributed by atoms with Crippen LogP contribution in [0, 0.1) is 0 Å². The van der Waals surface area contributed by atoms with Gasteiger partial charge in [0.2, 0.25) is 11.8 Å². The second kappa shape index (κ2) is 9.54. The lowest BCUT2D eigenvalue weighted by Gasteiger charge is -2.29. The third-order valence-electron chi connectivity index (χ3n) is 3.49. The smallest absolute Gasteiger partial charge is 0.240 e. The van der Waals surface area contributed by atoms with Gasteiger partial charge >= 0.3 is 0 Å². The second-order valence-corrected chi connectivity index (χ2v) is 5.89. The Morgan fingerprint density at radius 3 is 2.39 bits per heavy atom. The number of aliphatic hydroxyl groups excluding tert-OH is 1. The molecular weight excluding hydrogens is 314 g/mol. The van der Waals surface area contributed by atoms with Gasteiger partial charge in [-0.15, -0.1) is 0 Å². The lowest BCUT2D eigenvalue weighted by molar-refractivity contribution is -0.131. The highest BCUT2D eigenvalue weighted by Crippen LogP contribution is 2.07. The molecule has 3 atom stereocenters. The molecule has 0 aliphatic rings. The maximum Gasteiger partial charge on any atom is 0.240 e. The van der Waals surface area contributed by atoms with Gasteiger partial charge in [0.15, 0.2) is 0 Å². The molecule has 1 aromatic carbocycles. The Kier molecular flexibility index (Phi) is 8.08. The number of thiol groups is 1. The van der Waals surface area contributed by atoms with E-state index in [4.69, 9.17) is 0 Å². The first kappa shape index (κ1) is 19.5.